The van der Waals surface area contributed by atoms with Gasteiger partial charge in [-0.3, -0.25) is 0 Å². The molecule has 0 unspecified atom stereocenters. The average Bonchev–Trinajstić information content (AvgIpc) is 3.50. The van der Waals surface area contributed by atoms with Crippen LogP contribution < -0.4 is 4.90 Å². The van der Waals surface area contributed by atoms with Crippen LogP contribution in [0.4, 0.5) is 17.1 Å². The molecule has 2 heteroatoms. The van der Waals surface area contributed by atoms with Crippen molar-refractivity contribution in [3.8, 4) is 22.3 Å². The van der Waals surface area contributed by atoms with Crippen LogP contribution in [-0.4, -0.2) is 0 Å². The molecular formula is C44H29NO. The maximum Gasteiger partial charge on any atom is 0.159 e. The van der Waals surface area contributed by atoms with Crippen molar-refractivity contribution in [2.45, 2.75) is 0 Å². The molecule has 0 N–H and O–H groups in total. The molecule has 9 aromatic rings. The lowest BCUT2D eigenvalue weighted by atomic mass is 9.95. The molecule has 0 aliphatic carbocycles. The second-order valence-corrected chi connectivity index (χ2v) is 11.7. The van der Waals surface area contributed by atoms with Gasteiger partial charge in [-0.1, -0.05) is 146 Å². The zero-order chi connectivity index (χ0) is 30.5. The third-order valence-electron chi connectivity index (χ3n) is 9.03. The molecule has 0 saturated heterocycles. The standard InChI is InChI=1S/C44H29NO/c1-3-13-30(14-4-1)31-25-27-35(28-26-31)45(40-23-11-19-32-15-7-9-20-36(32)40)41-24-12-22-38-39-29-34-18-8-10-21-37(34)42(44(39)46-43(38)41)33-16-5-2-6-17-33/h1-29H. The van der Waals surface area contributed by atoms with Crippen LogP contribution in [0.3, 0.4) is 0 Å². The predicted molar refractivity (Wildman–Crippen MR) is 194 cm³/mol. The Bertz CT molecular complexity index is 2510. The van der Waals surface area contributed by atoms with Crippen molar-refractivity contribution in [2.75, 3.05) is 4.90 Å². The van der Waals surface area contributed by atoms with E-state index < -0.39 is 0 Å². The van der Waals surface area contributed by atoms with Crippen molar-refractivity contribution in [3.63, 3.8) is 0 Å². The lowest BCUT2D eigenvalue weighted by Crippen LogP contribution is -2.10. The number of anilines is 3. The topological polar surface area (TPSA) is 16.4 Å². The second kappa shape index (κ2) is 10.8. The predicted octanol–water partition coefficient (Wildman–Crippen LogP) is 12.7. The van der Waals surface area contributed by atoms with Gasteiger partial charge in [0.2, 0.25) is 0 Å². The Morgan fingerprint density at radius 2 is 0.913 bits per heavy atom. The summed E-state index contributed by atoms with van der Waals surface area (Å²) in [6.45, 7) is 0. The zero-order valence-electron chi connectivity index (χ0n) is 25.1. The number of benzene rings is 8. The Hall–Kier alpha value is -6.12. The maximum absolute atomic E-state index is 7.06. The van der Waals surface area contributed by atoms with Crippen molar-refractivity contribution in [3.05, 3.63) is 176 Å². The molecule has 46 heavy (non-hydrogen) atoms. The third-order valence-corrected chi connectivity index (χ3v) is 9.03. The van der Waals surface area contributed by atoms with E-state index >= 15 is 0 Å². The van der Waals surface area contributed by atoms with E-state index in [4.69, 9.17) is 4.42 Å². The van der Waals surface area contributed by atoms with Crippen molar-refractivity contribution >= 4 is 60.5 Å². The smallest absolute Gasteiger partial charge is 0.159 e. The fourth-order valence-corrected chi connectivity index (χ4v) is 6.89. The third kappa shape index (κ3) is 4.27. The Morgan fingerprint density at radius 1 is 0.348 bits per heavy atom. The largest absolute Gasteiger partial charge is 0.453 e. The summed E-state index contributed by atoms with van der Waals surface area (Å²) in [5, 5.41) is 6.98. The molecule has 0 amide bonds. The molecule has 2 nitrogen and oxygen atoms in total. The van der Waals surface area contributed by atoms with Crippen molar-refractivity contribution in [1.82, 2.24) is 0 Å². The summed E-state index contributed by atoms with van der Waals surface area (Å²) in [6, 6.07) is 62.5. The molecule has 9 rings (SSSR count). The SMILES string of the molecule is c1ccc(-c2ccc(N(c3cccc4ccccc34)c3cccc4c3oc3c(-c5ccccc5)c5ccccc5cc34)cc2)cc1. The van der Waals surface area contributed by atoms with Gasteiger partial charge in [-0.25, -0.2) is 0 Å². The molecule has 0 aliphatic rings. The fourth-order valence-electron chi connectivity index (χ4n) is 6.89. The first-order valence-corrected chi connectivity index (χ1v) is 15.7. The molecule has 1 aromatic heterocycles. The quantitative estimate of drug-likeness (QED) is 0.199. The van der Waals surface area contributed by atoms with E-state index in [0.717, 1.165) is 50.1 Å². The molecule has 0 aliphatic heterocycles. The van der Waals surface area contributed by atoms with Gasteiger partial charge < -0.3 is 9.32 Å². The number of para-hydroxylation sites is 1. The van der Waals surface area contributed by atoms with Gasteiger partial charge in [-0.05, 0) is 63.2 Å². The lowest BCUT2D eigenvalue weighted by molar-refractivity contribution is 0.670. The van der Waals surface area contributed by atoms with E-state index in [1.165, 1.54) is 32.7 Å². The average molecular weight is 588 g/mol. The minimum Gasteiger partial charge on any atom is -0.453 e. The van der Waals surface area contributed by atoms with Gasteiger partial charge in [0, 0.05) is 27.4 Å². The van der Waals surface area contributed by atoms with Crippen LogP contribution in [0.15, 0.2) is 180 Å². The first-order valence-electron chi connectivity index (χ1n) is 15.7. The van der Waals surface area contributed by atoms with Crippen LogP contribution in [0, 0.1) is 0 Å². The van der Waals surface area contributed by atoms with Crippen LogP contribution in [0.1, 0.15) is 0 Å². The fraction of sp³-hybridized carbons (Fsp3) is 0. The highest BCUT2D eigenvalue weighted by molar-refractivity contribution is 6.20. The number of furan rings is 1. The highest BCUT2D eigenvalue weighted by Crippen LogP contribution is 2.47. The van der Waals surface area contributed by atoms with Gasteiger partial charge in [-0.2, -0.15) is 0 Å². The van der Waals surface area contributed by atoms with Crippen LogP contribution in [0.2, 0.25) is 0 Å². The highest BCUT2D eigenvalue weighted by atomic mass is 16.3. The van der Waals surface area contributed by atoms with E-state index in [1.807, 2.05) is 0 Å². The number of hydrogen-bond acceptors (Lipinski definition) is 2. The van der Waals surface area contributed by atoms with E-state index in [1.54, 1.807) is 0 Å². The van der Waals surface area contributed by atoms with Gasteiger partial charge >= 0.3 is 0 Å². The van der Waals surface area contributed by atoms with Gasteiger partial charge in [0.25, 0.3) is 0 Å². The Labute approximate surface area is 267 Å². The molecule has 0 fully saturated rings. The van der Waals surface area contributed by atoms with E-state index in [0.29, 0.717) is 0 Å². The Balaban J connectivity index is 1.34. The Morgan fingerprint density at radius 3 is 1.70 bits per heavy atom. The maximum atomic E-state index is 7.06. The number of nitrogens with zero attached hydrogens (tertiary/aromatic N) is 1. The molecular weight excluding hydrogens is 558 g/mol. The van der Waals surface area contributed by atoms with Crippen LogP contribution >= 0.6 is 0 Å². The molecule has 216 valence electrons. The molecule has 1 heterocycles. The number of rotatable bonds is 5. The summed E-state index contributed by atoms with van der Waals surface area (Å²) in [7, 11) is 0. The van der Waals surface area contributed by atoms with E-state index in [2.05, 4.69) is 181 Å². The van der Waals surface area contributed by atoms with E-state index in [-0.39, 0.29) is 0 Å². The van der Waals surface area contributed by atoms with Crippen LogP contribution in [0.5, 0.6) is 0 Å². The molecule has 0 radical (unpaired) electrons. The highest BCUT2D eigenvalue weighted by Gasteiger charge is 2.23. The van der Waals surface area contributed by atoms with E-state index in [9.17, 15) is 0 Å². The monoisotopic (exact) mass is 587 g/mol. The first-order chi connectivity index (χ1) is 22.8. The second-order valence-electron chi connectivity index (χ2n) is 11.7. The molecule has 0 bridgehead atoms. The summed E-state index contributed by atoms with van der Waals surface area (Å²) >= 11 is 0. The lowest BCUT2D eigenvalue weighted by Gasteiger charge is -2.27. The minimum atomic E-state index is 0.866. The zero-order valence-corrected chi connectivity index (χ0v) is 25.1. The molecule has 0 atom stereocenters. The molecule has 0 spiro atoms. The van der Waals surface area contributed by atoms with Gasteiger partial charge in [0.15, 0.2) is 5.58 Å². The normalized spacial score (nSPS) is 11.5. The Kier molecular flexibility index (Phi) is 6.17. The van der Waals surface area contributed by atoms with Crippen LogP contribution in [0.25, 0.3) is 65.7 Å². The van der Waals surface area contributed by atoms with Crippen molar-refractivity contribution in [2.24, 2.45) is 0 Å². The summed E-state index contributed by atoms with van der Waals surface area (Å²) in [5.41, 5.74) is 9.60. The summed E-state index contributed by atoms with van der Waals surface area (Å²) < 4.78 is 7.06. The van der Waals surface area contributed by atoms with Gasteiger partial charge in [0.05, 0.1) is 11.4 Å². The molecule has 0 saturated carbocycles. The summed E-state index contributed by atoms with van der Waals surface area (Å²) in [6.07, 6.45) is 0. The van der Waals surface area contributed by atoms with Crippen molar-refractivity contribution < 1.29 is 4.42 Å². The van der Waals surface area contributed by atoms with Crippen LogP contribution in [-0.2, 0) is 0 Å². The number of fused-ring (bicyclic) bond motifs is 5. The van der Waals surface area contributed by atoms with Gasteiger partial charge in [-0.15, -0.1) is 0 Å². The van der Waals surface area contributed by atoms with Crippen molar-refractivity contribution in [1.29, 1.82) is 0 Å². The first kappa shape index (κ1) is 26.3. The molecule has 8 aromatic carbocycles. The number of hydrogen-bond donors (Lipinski definition) is 0. The van der Waals surface area contributed by atoms with Gasteiger partial charge in [0.1, 0.15) is 5.58 Å². The minimum absolute atomic E-state index is 0.866. The summed E-state index contributed by atoms with van der Waals surface area (Å²) in [4.78, 5) is 2.35. The summed E-state index contributed by atoms with van der Waals surface area (Å²) in [5.74, 6) is 0.